The third-order valence-electron chi connectivity index (χ3n) is 2.64. The van der Waals surface area contributed by atoms with Crippen LogP contribution < -0.4 is 5.32 Å². The highest BCUT2D eigenvalue weighted by Gasteiger charge is 2.50. The van der Waals surface area contributed by atoms with Crippen molar-refractivity contribution >= 4 is 11.9 Å². The van der Waals surface area contributed by atoms with E-state index in [1.54, 1.807) is 6.07 Å². The lowest BCUT2D eigenvalue weighted by Gasteiger charge is -2.09. The molecule has 1 heterocycles. The summed E-state index contributed by atoms with van der Waals surface area (Å²) in [5.41, 5.74) is -0.734. The van der Waals surface area contributed by atoms with Crippen molar-refractivity contribution in [1.82, 2.24) is 5.32 Å². The Morgan fingerprint density at radius 1 is 1.53 bits per heavy atom. The highest BCUT2D eigenvalue weighted by atomic mass is 16.4. The topological polar surface area (TPSA) is 79.5 Å². The molecule has 2 rings (SSSR count). The number of hydrogen-bond acceptors (Lipinski definition) is 3. The second-order valence-electron chi connectivity index (χ2n) is 3.75. The molecule has 1 aliphatic carbocycles. The molecule has 5 heteroatoms. The highest BCUT2D eigenvalue weighted by Crippen LogP contribution is 2.45. The normalized spacial score (nSPS) is 17.1. The first-order valence-electron chi connectivity index (χ1n) is 4.69. The summed E-state index contributed by atoms with van der Waals surface area (Å²) >= 11 is 0. The molecule has 1 aromatic heterocycles. The maximum atomic E-state index is 11.4. The minimum absolute atomic E-state index is 0.169. The Morgan fingerprint density at radius 3 is 2.73 bits per heavy atom. The molecule has 15 heavy (non-hydrogen) atoms. The molecule has 1 fully saturated rings. The van der Waals surface area contributed by atoms with Crippen LogP contribution in [0.25, 0.3) is 0 Å². The van der Waals surface area contributed by atoms with Crippen LogP contribution in [0.4, 0.5) is 0 Å². The molecule has 80 valence electrons. The Balaban J connectivity index is 1.89. The second-order valence-corrected chi connectivity index (χ2v) is 3.75. The summed E-state index contributed by atoms with van der Waals surface area (Å²) in [5.74, 6) is -1.01. The molecule has 0 spiro atoms. The van der Waals surface area contributed by atoms with E-state index in [0.717, 1.165) is 0 Å². The number of rotatable bonds is 4. The van der Waals surface area contributed by atoms with E-state index < -0.39 is 11.4 Å². The van der Waals surface area contributed by atoms with Crippen molar-refractivity contribution in [1.29, 1.82) is 0 Å². The van der Waals surface area contributed by atoms with Crippen LogP contribution in [0.2, 0.25) is 0 Å². The smallest absolute Gasteiger partial charge is 0.311 e. The molecule has 2 N–H and O–H groups in total. The van der Waals surface area contributed by atoms with E-state index in [0.29, 0.717) is 12.8 Å². The number of carboxylic acid groups (broad SMARTS) is 1. The lowest BCUT2D eigenvalue weighted by molar-refractivity contribution is -0.143. The average Bonchev–Trinajstić information content (AvgIpc) is 2.80. The minimum Gasteiger partial charge on any atom is -0.481 e. The zero-order chi connectivity index (χ0) is 10.9. The van der Waals surface area contributed by atoms with Gasteiger partial charge in [0.25, 0.3) is 5.91 Å². The molecule has 1 aromatic rings. The lowest BCUT2D eigenvalue weighted by atomic mass is 10.1. The predicted octanol–water partition coefficient (Wildman–Crippen LogP) is 0.874. The second kappa shape index (κ2) is 3.42. The molecule has 1 saturated carbocycles. The van der Waals surface area contributed by atoms with Crippen LogP contribution in [0, 0.1) is 5.41 Å². The van der Waals surface area contributed by atoms with Crippen molar-refractivity contribution in [3.05, 3.63) is 24.2 Å². The summed E-state index contributed by atoms with van der Waals surface area (Å²) in [6.45, 7) is 0.169. The van der Waals surface area contributed by atoms with Gasteiger partial charge in [0, 0.05) is 6.54 Å². The van der Waals surface area contributed by atoms with Gasteiger partial charge in [-0.1, -0.05) is 0 Å². The fourth-order valence-corrected chi connectivity index (χ4v) is 1.36. The first-order valence-corrected chi connectivity index (χ1v) is 4.69. The van der Waals surface area contributed by atoms with Crippen LogP contribution in [0.1, 0.15) is 23.4 Å². The van der Waals surface area contributed by atoms with E-state index >= 15 is 0 Å². The molecule has 0 bridgehead atoms. The van der Waals surface area contributed by atoms with Crippen LogP contribution in [0.5, 0.6) is 0 Å². The Kier molecular flexibility index (Phi) is 2.22. The third-order valence-corrected chi connectivity index (χ3v) is 2.64. The molecular weight excluding hydrogens is 198 g/mol. The number of carbonyl (C=O) groups is 2. The summed E-state index contributed by atoms with van der Waals surface area (Å²) < 4.78 is 4.88. The van der Waals surface area contributed by atoms with Crippen LogP contribution in [0.3, 0.4) is 0 Å². The van der Waals surface area contributed by atoms with Gasteiger partial charge in [-0.2, -0.15) is 0 Å². The summed E-state index contributed by atoms with van der Waals surface area (Å²) in [5, 5.41) is 11.4. The highest BCUT2D eigenvalue weighted by molar-refractivity contribution is 5.92. The number of hydrogen-bond donors (Lipinski definition) is 2. The van der Waals surface area contributed by atoms with E-state index in [4.69, 9.17) is 9.52 Å². The molecule has 0 aliphatic heterocycles. The van der Waals surface area contributed by atoms with E-state index in [1.807, 2.05) is 0 Å². The molecule has 5 nitrogen and oxygen atoms in total. The molecule has 1 aliphatic rings. The minimum atomic E-state index is -0.845. The van der Waals surface area contributed by atoms with Gasteiger partial charge in [0.05, 0.1) is 11.7 Å². The first kappa shape index (κ1) is 9.76. The van der Waals surface area contributed by atoms with Gasteiger partial charge < -0.3 is 14.8 Å². The number of amides is 1. The molecule has 0 saturated heterocycles. The van der Waals surface area contributed by atoms with Crippen molar-refractivity contribution < 1.29 is 19.1 Å². The number of carbonyl (C=O) groups excluding carboxylic acids is 1. The number of furan rings is 1. The Hall–Kier alpha value is -1.78. The molecule has 0 radical (unpaired) electrons. The number of carboxylic acids is 1. The van der Waals surface area contributed by atoms with E-state index in [1.165, 1.54) is 12.3 Å². The fraction of sp³-hybridized carbons (Fsp3) is 0.400. The van der Waals surface area contributed by atoms with Crippen LogP contribution in [-0.2, 0) is 4.79 Å². The van der Waals surface area contributed by atoms with Crippen molar-refractivity contribution in [3.63, 3.8) is 0 Å². The SMILES string of the molecule is O=C(NCC1(C(=O)O)CC1)c1ccco1. The Bertz CT molecular complexity index is 378. The summed E-state index contributed by atoms with van der Waals surface area (Å²) in [7, 11) is 0. The van der Waals surface area contributed by atoms with Gasteiger partial charge in [-0.3, -0.25) is 9.59 Å². The molecule has 0 atom stereocenters. The van der Waals surface area contributed by atoms with Gasteiger partial charge in [-0.05, 0) is 25.0 Å². The van der Waals surface area contributed by atoms with E-state index in [9.17, 15) is 9.59 Å². The van der Waals surface area contributed by atoms with Gasteiger partial charge in [0.15, 0.2) is 5.76 Å². The maximum Gasteiger partial charge on any atom is 0.311 e. The quantitative estimate of drug-likeness (QED) is 0.771. The van der Waals surface area contributed by atoms with Crippen molar-refractivity contribution in [2.24, 2.45) is 5.41 Å². The monoisotopic (exact) mass is 209 g/mol. The molecule has 1 amide bonds. The number of aliphatic carboxylic acids is 1. The number of nitrogens with one attached hydrogen (secondary N) is 1. The molecular formula is C10H11NO4. The largest absolute Gasteiger partial charge is 0.481 e. The fourth-order valence-electron chi connectivity index (χ4n) is 1.36. The first-order chi connectivity index (χ1) is 7.14. The zero-order valence-corrected chi connectivity index (χ0v) is 8.03. The Morgan fingerprint density at radius 2 is 2.27 bits per heavy atom. The van der Waals surface area contributed by atoms with Crippen LogP contribution in [-0.4, -0.2) is 23.5 Å². The van der Waals surface area contributed by atoms with Gasteiger partial charge >= 0.3 is 5.97 Å². The van der Waals surface area contributed by atoms with Crippen molar-refractivity contribution in [3.8, 4) is 0 Å². The summed E-state index contributed by atoms with van der Waals surface area (Å²) in [6.07, 6.45) is 2.65. The lowest BCUT2D eigenvalue weighted by Crippen LogP contribution is -2.33. The molecule has 0 unspecified atom stereocenters. The van der Waals surface area contributed by atoms with Crippen LogP contribution in [0.15, 0.2) is 22.8 Å². The summed E-state index contributed by atoms with van der Waals surface area (Å²) in [4.78, 5) is 22.2. The van der Waals surface area contributed by atoms with Crippen molar-refractivity contribution in [2.45, 2.75) is 12.8 Å². The van der Waals surface area contributed by atoms with Crippen molar-refractivity contribution in [2.75, 3.05) is 6.54 Å². The van der Waals surface area contributed by atoms with Gasteiger partial charge in [0.1, 0.15) is 0 Å². The third kappa shape index (κ3) is 1.86. The average molecular weight is 209 g/mol. The predicted molar refractivity (Wildman–Crippen MR) is 50.3 cm³/mol. The summed E-state index contributed by atoms with van der Waals surface area (Å²) in [6, 6.07) is 3.15. The zero-order valence-electron chi connectivity index (χ0n) is 8.03. The van der Waals surface area contributed by atoms with E-state index in [-0.39, 0.29) is 18.2 Å². The van der Waals surface area contributed by atoms with E-state index in [2.05, 4.69) is 5.32 Å². The van der Waals surface area contributed by atoms with Gasteiger partial charge in [0.2, 0.25) is 0 Å². The maximum absolute atomic E-state index is 11.4. The van der Waals surface area contributed by atoms with Gasteiger partial charge in [-0.15, -0.1) is 0 Å². The van der Waals surface area contributed by atoms with Gasteiger partial charge in [-0.25, -0.2) is 0 Å². The Labute approximate surface area is 86.1 Å². The standard InChI is InChI=1S/C10H11NO4/c12-8(7-2-1-5-15-7)11-6-10(3-4-10)9(13)14/h1-2,5H,3-4,6H2,(H,11,12)(H,13,14). The van der Waals surface area contributed by atoms with Crippen LogP contribution >= 0.6 is 0 Å². The molecule has 0 aromatic carbocycles.